The van der Waals surface area contributed by atoms with Gasteiger partial charge in [0.2, 0.25) is 0 Å². The molecule has 2 rings (SSSR count). The molecule has 1 aromatic carbocycles. The monoisotopic (exact) mass is 424 g/mol. The van der Waals surface area contributed by atoms with Gasteiger partial charge in [0.15, 0.2) is 11.5 Å². The molecule has 0 unspecified atom stereocenters. The molecule has 0 amide bonds. The Kier molecular flexibility index (Phi) is 10.9. The topological polar surface area (TPSA) is 89.5 Å². The molecule has 1 aromatic rings. The fraction of sp³-hybridized carbons (Fsp3) is 0.636. The molecule has 0 aliphatic heterocycles. The summed E-state index contributed by atoms with van der Waals surface area (Å²) in [5.74, 6) is -0.358. The van der Waals surface area contributed by atoms with E-state index in [2.05, 4.69) is 14.8 Å². The predicted molar refractivity (Wildman–Crippen MR) is 108 cm³/mol. The van der Waals surface area contributed by atoms with Crippen molar-refractivity contribution in [2.24, 2.45) is 0 Å². The molecule has 1 fully saturated rings. The zero-order valence-corrected chi connectivity index (χ0v) is 17.9. The highest BCUT2D eigenvalue weighted by atomic mass is 17.5. The second-order valence-electron chi connectivity index (χ2n) is 7.31. The third-order valence-electron chi connectivity index (χ3n) is 5.15. The Labute approximate surface area is 177 Å². The summed E-state index contributed by atoms with van der Waals surface area (Å²) in [6.45, 7) is 0. The summed E-state index contributed by atoms with van der Waals surface area (Å²) in [6, 6.07) is 4.69. The minimum atomic E-state index is -1.03. The number of para-hydroxylation sites is 1. The zero-order chi connectivity index (χ0) is 21.6. The third-order valence-corrected chi connectivity index (χ3v) is 5.15. The molecule has 1 aliphatic carbocycles. The van der Waals surface area contributed by atoms with Crippen LogP contribution in [0.1, 0.15) is 81.0 Å². The Bertz CT molecular complexity index is 649. The average Bonchev–Trinajstić information content (AvgIpc) is 2.74. The number of hydrogen-bond donors (Lipinski definition) is 0. The number of hydrogen-bond acceptors (Lipinski definition) is 8. The van der Waals surface area contributed by atoms with E-state index in [1.54, 1.807) is 12.1 Å². The first-order chi connectivity index (χ1) is 14.7. The fourth-order valence-corrected chi connectivity index (χ4v) is 3.57. The van der Waals surface area contributed by atoms with Crippen LogP contribution in [0.25, 0.3) is 0 Å². The summed E-state index contributed by atoms with van der Waals surface area (Å²) < 4.78 is 15.6. The highest BCUT2D eigenvalue weighted by Crippen LogP contribution is 2.31. The Morgan fingerprint density at radius 1 is 0.800 bits per heavy atom. The van der Waals surface area contributed by atoms with Gasteiger partial charge in [-0.15, -0.1) is 0 Å². The first-order valence-corrected chi connectivity index (χ1v) is 10.6. The van der Waals surface area contributed by atoms with Crippen LogP contribution in [-0.4, -0.2) is 32.4 Å². The van der Waals surface area contributed by atoms with Crippen LogP contribution in [0.15, 0.2) is 18.2 Å². The SMILES string of the molecule is COc1cccc(C(=O)OOOC(=O)OC2CCCCCCCCCCC2)c1OC. The van der Waals surface area contributed by atoms with Gasteiger partial charge >= 0.3 is 12.1 Å². The lowest BCUT2D eigenvalue weighted by molar-refractivity contribution is -0.453. The van der Waals surface area contributed by atoms with Crippen molar-refractivity contribution in [3.63, 3.8) is 0 Å². The molecule has 0 atom stereocenters. The van der Waals surface area contributed by atoms with Crippen LogP contribution in [0.2, 0.25) is 0 Å². The van der Waals surface area contributed by atoms with E-state index in [1.165, 1.54) is 52.4 Å². The summed E-state index contributed by atoms with van der Waals surface area (Å²) in [5, 5.41) is 4.34. The van der Waals surface area contributed by atoms with Crippen molar-refractivity contribution < 1.29 is 38.6 Å². The van der Waals surface area contributed by atoms with E-state index < -0.39 is 12.1 Å². The number of benzene rings is 1. The molecule has 0 aromatic heterocycles. The molecular formula is C22H32O8. The van der Waals surface area contributed by atoms with Crippen LogP contribution in [0, 0.1) is 0 Å². The van der Waals surface area contributed by atoms with Crippen molar-refractivity contribution in [2.45, 2.75) is 76.7 Å². The van der Waals surface area contributed by atoms with Gasteiger partial charge in [-0.05, 0) is 37.8 Å². The maximum Gasteiger partial charge on any atom is 0.543 e. The minimum Gasteiger partial charge on any atom is -0.493 e. The second-order valence-corrected chi connectivity index (χ2v) is 7.31. The number of carbonyl (C=O) groups excluding carboxylic acids is 2. The molecule has 30 heavy (non-hydrogen) atoms. The Morgan fingerprint density at radius 3 is 1.97 bits per heavy atom. The fourth-order valence-electron chi connectivity index (χ4n) is 3.57. The molecule has 168 valence electrons. The van der Waals surface area contributed by atoms with Crippen LogP contribution >= 0.6 is 0 Å². The molecule has 0 saturated heterocycles. The maximum absolute atomic E-state index is 12.2. The number of carbonyl (C=O) groups is 2. The first-order valence-electron chi connectivity index (χ1n) is 10.6. The van der Waals surface area contributed by atoms with Crippen LogP contribution in [0.5, 0.6) is 11.5 Å². The van der Waals surface area contributed by atoms with Gasteiger partial charge in [0.1, 0.15) is 11.7 Å². The van der Waals surface area contributed by atoms with Gasteiger partial charge in [0, 0.05) is 0 Å². The molecule has 1 aliphatic rings. The lowest BCUT2D eigenvalue weighted by Gasteiger charge is -2.17. The highest BCUT2D eigenvalue weighted by Gasteiger charge is 2.21. The number of rotatable bonds is 6. The van der Waals surface area contributed by atoms with Crippen molar-refractivity contribution in [1.82, 2.24) is 0 Å². The first kappa shape index (κ1) is 23.8. The van der Waals surface area contributed by atoms with E-state index >= 15 is 0 Å². The number of methoxy groups -OCH3 is 2. The number of ether oxygens (including phenoxy) is 3. The van der Waals surface area contributed by atoms with E-state index in [4.69, 9.17) is 14.2 Å². The van der Waals surface area contributed by atoms with Gasteiger partial charge in [0.05, 0.1) is 19.3 Å². The van der Waals surface area contributed by atoms with Gasteiger partial charge in [-0.2, -0.15) is 0 Å². The van der Waals surface area contributed by atoms with Crippen LogP contribution in [0.4, 0.5) is 4.79 Å². The van der Waals surface area contributed by atoms with E-state index in [9.17, 15) is 9.59 Å². The lowest BCUT2D eigenvalue weighted by atomic mass is 9.99. The van der Waals surface area contributed by atoms with E-state index in [1.807, 2.05) is 0 Å². The summed E-state index contributed by atoms with van der Waals surface area (Å²) in [6.07, 6.45) is 10.9. The third kappa shape index (κ3) is 8.10. The summed E-state index contributed by atoms with van der Waals surface area (Å²) in [7, 11) is 2.84. The van der Waals surface area contributed by atoms with E-state index in [0.717, 1.165) is 38.5 Å². The zero-order valence-electron chi connectivity index (χ0n) is 17.9. The van der Waals surface area contributed by atoms with Gasteiger partial charge < -0.3 is 14.2 Å². The molecule has 1 saturated carbocycles. The van der Waals surface area contributed by atoms with Crippen molar-refractivity contribution in [3.8, 4) is 11.5 Å². The van der Waals surface area contributed by atoms with E-state index in [0.29, 0.717) is 5.75 Å². The molecule has 0 bridgehead atoms. The second kappa shape index (κ2) is 13.7. The molecule has 8 heteroatoms. The van der Waals surface area contributed by atoms with Crippen molar-refractivity contribution in [3.05, 3.63) is 23.8 Å². The van der Waals surface area contributed by atoms with Gasteiger partial charge in [0.25, 0.3) is 0 Å². The van der Waals surface area contributed by atoms with Crippen molar-refractivity contribution in [1.29, 1.82) is 0 Å². The van der Waals surface area contributed by atoms with Crippen molar-refractivity contribution >= 4 is 12.1 Å². The van der Waals surface area contributed by atoms with Crippen molar-refractivity contribution in [2.75, 3.05) is 14.2 Å². The molecule has 0 N–H and O–H groups in total. The molecule has 0 radical (unpaired) electrons. The van der Waals surface area contributed by atoms with Gasteiger partial charge in [-0.25, -0.2) is 14.5 Å². The molecule has 8 nitrogen and oxygen atoms in total. The smallest absolute Gasteiger partial charge is 0.493 e. The Balaban J connectivity index is 1.78. The predicted octanol–water partition coefficient (Wildman–Crippen LogP) is 5.53. The highest BCUT2D eigenvalue weighted by molar-refractivity contribution is 5.93. The molecular weight excluding hydrogens is 392 g/mol. The molecule has 0 heterocycles. The molecule has 0 spiro atoms. The minimum absolute atomic E-state index is 0.0631. The maximum atomic E-state index is 12.2. The van der Waals surface area contributed by atoms with Crippen LogP contribution in [-0.2, 0) is 19.6 Å². The Morgan fingerprint density at radius 2 is 1.40 bits per heavy atom. The van der Waals surface area contributed by atoms with E-state index in [-0.39, 0.29) is 17.4 Å². The average molecular weight is 424 g/mol. The van der Waals surface area contributed by atoms with Gasteiger partial charge in [-0.3, -0.25) is 4.89 Å². The lowest BCUT2D eigenvalue weighted by Crippen LogP contribution is -2.20. The van der Waals surface area contributed by atoms with Crippen LogP contribution in [0.3, 0.4) is 0 Å². The summed E-state index contributed by atoms with van der Waals surface area (Å²) in [4.78, 5) is 33.1. The normalized spacial score (nSPS) is 16.5. The largest absolute Gasteiger partial charge is 0.543 e. The quantitative estimate of drug-likeness (QED) is 0.334. The summed E-state index contributed by atoms with van der Waals surface area (Å²) >= 11 is 0. The standard InChI is InChI=1S/C22H32O8/c1-25-19-16-12-15-18(20(19)26-2)21(23)28-30-29-22(24)27-17-13-10-8-6-4-3-5-7-9-11-14-17/h12,15-17H,3-11,13-14H2,1-2H3. The Hall–Kier alpha value is -2.48. The van der Waals surface area contributed by atoms with Gasteiger partial charge in [-0.1, -0.05) is 51.0 Å². The van der Waals surface area contributed by atoms with Crippen LogP contribution < -0.4 is 9.47 Å². The summed E-state index contributed by atoms with van der Waals surface area (Å²) in [5.41, 5.74) is 0.0631.